The number of ether oxygens (including phenoxy) is 6. The Labute approximate surface area is 434 Å². The molecule has 0 N–H and O–H groups in total. The topological polar surface area (TPSA) is 158 Å². The maximum atomic E-state index is 12.6. The summed E-state index contributed by atoms with van der Waals surface area (Å²) in [4.78, 5) is 74.6. The van der Waals surface area contributed by atoms with E-state index in [4.69, 9.17) is 28.4 Å². The Bertz CT molecular complexity index is 1290. The Morgan fingerprint density at radius 2 is 0.493 bits per heavy atom. The molecule has 3 unspecified atom stereocenters. The fourth-order valence-corrected chi connectivity index (χ4v) is 8.50. The molecular weight excluding hydrogens is 901 g/mol. The third kappa shape index (κ3) is 48.8. The molecule has 0 spiro atoms. The van der Waals surface area contributed by atoms with Crippen LogP contribution < -0.4 is 0 Å². The average Bonchev–Trinajstić information content (AvgIpc) is 3.35. The third-order valence-corrected chi connectivity index (χ3v) is 13.0. The molecule has 0 aromatic carbocycles. The third-order valence-electron chi connectivity index (χ3n) is 13.0. The number of rotatable bonds is 53. The predicted molar refractivity (Wildman–Crippen MR) is 285 cm³/mol. The minimum Gasteiger partial charge on any atom is -0.462 e. The van der Waals surface area contributed by atoms with Crippen molar-refractivity contribution >= 4 is 35.8 Å². The second kappa shape index (κ2) is 51.7. The lowest BCUT2D eigenvalue weighted by Crippen LogP contribution is -2.25. The molecule has 0 rings (SSSR count). The van der Waals surface area contributed by atoms with Gasteiger partial charge in [0.25, 0.3) is 0 Å². The number of hydrogen-bond acceptors (Lipinski definition) is 12. The zero-order valence-corrected chi connectivity index (χ0v) is 46.5. The number of unbranched alkanes of at least 4 members (excludes halogenated alkanes) is 28. The van der Waals surface area contributed by atoms with Crippen LogP contribution in [-0.4, -0.2) is 73.9 Å². The summed E-state index contributed by atoms with van der Waals surface area (Å²) >= 11 is 0. The van der Waals surface area contributed by atoms with E-state index < -0.39 is 18.3 Å². The van der Waals surface area contributed by atoms with Crippen molar-refractivity contribution in [3.63, 3.8) is 0 Å². The van der Waals surface area contributed by atoms with Crippen molar-refractivity contribution in [2.24, 2.45) is 0 Å². The summed E-state index contributed by atoms with van der Waals surface area (Å²) in [6, 6.07) is 0. The van der Waals surface area contributed by atoms with Gasteiger partial charge in [-0.1, -0.05) is 195 Å². The van der Waals surface area contributed by atoms with Crippen LogP contribution in [0, 0.1) is 0 Å². The van der Waals surface area contributed by atoms with Crippen molar-refractivity contribution < 1.29 is 57.2 Å². The van der Waals surface area contributed by atoms with Crippen LogP contribution in [0.1, 0.15) is 304 Å². The lowest BCUT2D eigenvalue weighted by atomic mass is 10.1. The van der Waals surface area contributed by atoms with Crippen LogP contribution in [0.15, 0.2) is 0 Å². The van der Waals surface area contributed by atoms with Gasteiger partial charge in [0.1, 0.15) is 38.1 Å². The second-order valence-electron chi connectivity index (χ2n) is 20.3. The zero-order valence-electron chi connectivity index (χ0n) is 46.5. The molecule has 0 saturated carbocycles. The molecule has 0 amide bonds. The molecule has 0 bridgehead atoms. The Balaban J connectivity index is 4.21. The first-order chi connectivity index (χ1) is 34.5. The minimum atomic E-state index is -0.495. The molecule has 0 aromatic rings. The van der Waals surface area contributed by atoms with Gasteiger partial charge < -0.3 is 28.4 Å². The van der Waals surface area contributed by atoms with Gasteiger partial charge in [-0.25, -0.2) is 0 Å². The lowest BCUT2D eigenvalue weighted by molar-refractivity contribution is -0.159. The molecule has 416 valence electrons. The van der Waals surface area contributed by atoms with Crippen LogP contribution in [0.2, 0.25) is 0 Å². The summed E-state index contributed by atoms with van der Waals surface area (Å²) in [7, 11) is 0. The molecule has 71 heavy (non-hydrogen) atoms. The van der Waals surface area contributed by atoms with Crippen LogP contribution in [0.3, 0.4) is 0 Å². The molecule has 0 radical (unpaired) electrons. The molecule has 0 heterocycles. The molecule has 0 saturated heterocycles. The largest absolute Gasteiger partial charge is 0.462 e. The zero-order chi connectivity index (χ0) is 52.3. The standard InChI is InChI=1S/C59H108O12/c1-6-10-14-24-34-43-55(61)67-49-52(70-58(64)46-37-26-16-12-8-3)40-32-28-20-18-22-30-36-42-54(60)66-48-51(5)69-57(63)45-39-31-23-19-21-29-33-41-53(71-59(65)47-38-27-17-13-9-4)50-68-56(62)44-35-25-15-11-7-2/h51-53H,6-50H2,1-5H3. The van der Waals surface area contributed by atoms with Crippen molar-refractivity contribution in [2.45, 2.75) is 323 Å². The van der Waals surface area contributed by atoms with Crippen molar-refractivity contribution in [1.82, 2.24) is 0 Å². The first kappa shape index (κ1) is 67.8. The van der Waals surface area contributed by atoms with E-state index in [-0.39, 0.29) is 55.6 Å². The highest BCUT2D eigenvalue weighted by molar-refractivity contribution is 5.71. The minimum absolute atomic E-state index is 0.0543. The Morgan fingerprint density at radius 3 is 0.789 bits per heavy atom. The number of carbonyl (C=O) groups is 6. The maximum Gasteiger partial charge on any atom is 0.306 e. The van der Waals surface area contributed by atoms with E-state index in [1.165, 1.54) is 25.7 Å². The Morgan fingerprint density at radius 1 is 0.268 bits per heavy atom. The van der Waals surface area contributed by atoms with E-state index in [1.54, 1.807) is 6.92 Å². The van der Waals surface area contributed by atoms with Crippen LogP contribution >= 0.6 is 0 Å². The second-order valence-corrected chi connectivity index (χ2v) is 20.3. The molecule has 0 aliphatic rings. The fourth-order valence-electron chi connectivity index (χ4n) is 8.50. The maximum absolute atomic E-state index is 12.6. The predicted octanol–water partition coefficient (Wildman–Crippen LogP) is 15.8. The lowest BCUT2D eigenvalue weighted by Gasteiger charge is -2.18. The Hall–Kier alpha value is -3.18. The van der Waals surface area contributed by atoms with Gasteiger partial charge in [-0.15, -0.1) is 0 Å². The number of esters is 6. The van der Waals surface area contributed by atoms with Crippen LogP contribution in [0.5, 0.6) is 0 Å². The molecular formula is C59H108O12. The highest BCUT2D eigenvalue weighted by atomic mass is 16.6. The number of hydrogen-bond donors (Lipinski definition) is 0. The summed E-state index contributed by atoms with van der Waals surface area (Å²) in [5, 5.41) is 0. The molecule has 12 nitrogen and oxygen atoms in total. The van der Waals surface area contributed by atoms with Crippen molar-refractivity contribution in [3.05, 3.63) is 0 Å². The summed E-state index contributed by atoms with van der Waals surface area (Å²) in [6.45, 7) is 10.7. The summed E-state index contributed by atoms with van der Waals surface area (Å²) in [5.41, 5.74) is 0. The smallest absolute Gasteiger partial charge is 0.306 e. The van der Waals surface area contributed by atoms with Gasteiger partial charge in [0.05, 0.1) is 0 Å². The highest BCUT2D eigenvalue weighted by Gasteiger charge is 2.19. The molecule has 0 fully saturated rings. The van der Waals surface area contributed by atoms with Gasteiger partial charge in [0, 0.05) is 38.5 Å². The highest BCUT2D eigenvalue weighted by Crippen LogP contribution is 2.18. The first-order valence-electron chi connectivity index (χ1n) is 29.6. The van der Waals surface area contributed by atoms with E-state index >= 15 is 0 Å². The van der Waals surface area contributed by atoms with Gasteiger partial charge in [-0.3, -0.25) is 28.8 Å². The fraction of sp³-hybridized carbons (Fsp3) is 0.898. The molecule has 3 atom stereocenters. The van der Waals surface area contributed by atoms with E-state index in [0.717, 1.165) is 193 Å². The van der Waals surface area contributed by atoms with Gasteiger partial charge in [0.2, 0.25) is 0 Å². The molecule has 0 aromatic heterocycles. The quantitative estimate of drug-likeness (QED) is 0.0323. The van der Waals surface area contributed by atoms with Crippen LogP contribution in [-0.2, 0) is 57.2 Å². The van der Waals surface area contributed by atoms with Gasteiger partial charge in [-0.2, -0.15) is 0 Å². The van der Waals surface area contributed by atoms with E-state index in [2.05, 4.69) is 27.7 Å². The molecule has 12 heteroatoms. The van der Waals surface area contributed by atoms with Gasteiger partial charge >= 0.3 is 35.8 Å². The normalized spacial score (nSPS) is 12.5. The van der Waals surface area contributed by atoms with Gasteiger partial charge in [0.15, 0.2) is 0 Å². The van der Waals surface area contributed by atoms with Crippen molar-refractivity contribution in [3.8, 4) is 0 Å². The average molecular weight is 1010 g/mol. The molecule has 0 aliphatic heterocycles. The first-order valence-corrected chi connectivity index (χ1v) is 29.6. The monoisotopic (exact) mass is 1010 g/mol. The van der Waals surface area contributed by atoms with Crippen molar-refractivity contribution in [2.75, 3.05) is 19.8 Å². The van der Waals surface area contributed by atoms with Gasteiger partial charge in [-0.05, 0) is 71.1 Å². The van der Waals surface area contributed by atoms with E-state index in [9.17, 15) is 28.8 Å². The SMILES string of the molecule is CCCCCCCC(=O)OCC(CCCCCCCCCC(=O)OCC(C)OC(=O)CCCCCCCCCC(COC(=O)CCCCCCC)OC(=O)CCCCCCC)OC(=O)CCCCCCC. The van der Waals surface area contributed by atoms with Crippen LogP contribution in [0.4, 0.5) is 0 Å². The summed E-state index contributed by atoms with van der Waals surface area (Å²) in [6.07, 6.45) is 37.1. The van der Waals surface area contributed by atoms with E-state index in [1.807, 2.05) is 0 Å². The summed E-state index contributed by atoms with van der Waals surface area (Å²) < 4.78 is 33.5. The van der Waals surface area contributed by atoms with E-state index in [0.29, 0.717) is 51.4 Å². The molecule has 0 aliphatic carbocycles. The number of carbonyl (C=O) groups excluding carboxylic acids is 6. The van der Waals surface area contributed by atoms with Crippen LogP contribution in [0.25, 0.3) is 0 Å². The van der Waals surface area contributed by atoms with Crippen molar-refractivity contribution in [1.29, 1.82) is 0 Å². The summed E-state index contributed by atoms with van der Waals surface area (Å²) in [5.74, 6) is -1.38. The Kier molecular flexibility index (Phi) is 49.4.